The standard InChI is InChI=1S/C14H27O5PSi2.C6H11O5P.C4H10OSi.5H2O.2Ta/c1-9-21(5,6)18-20(16,19-22(7,8)10-2)12-11-17-14(15)13(3)4;1-5(2)6(7)11-3-4-12(8,9)10;1-4-6(2,3)5;;;;;;;/h9-10H,1-3,11-12H2,4-8H3;1,3-4H2,2H3,(H2,8,9,10);4-5H,1H2,2-3H3;5*1H2;;. The molecule has 0 unspecified atom stereocenters. The Morgan fingerprint density at radius 1 is 0.660 bits per heavy atom. The minimum absolute atomic E-state index is 0. The molecular formula is C24H58O16P2Si3Ta2. The Morgan fingerprint density at radius 3 is 1.11 bits per heavy atom. The summed E-state index contributed by atoms with van der Waals surface area (Å²) in [5, 5.41) is 0. The molecule has 0 heterocycles. The van der Waals surface area contributed by atoms with E-state index in [4.69, 9.17) is 27.7 Å². The predicted molar refractivity (Wildman–Crippen MR) is 186 cm³/mol. The number of carbonyl (C=O) groups is 2. The van der Waals surface area contributed by atoms with Crippen LogP contribution in [0, 0.1) is 0 Å². The number of esters is 2. The summed E-state index contributed by atoms with van der Waals surface area (Å²) in [4.78, 5) is 47.6. The summed E-state index contributed by atoms with van der Waals surface area (Å²) in [5.41, 5.74) is 5.50. The quantitative estimate of drug-likeness (QED) is 0.0907. The van der Waals surface area contributed by atoms with E-state index in [-0.39, 0.29) is 97.1 Å². The molecule has 0 bridgehead atoms. The van der Waals surface area contributed by atoms with Gasteiger partial charge in [0.05, 0.1) is 12.3 Å². The maximum absolute atomic E-state index is 13.0. The van der Waals surface area contributed by atoms with Crippen LogP contribution in [0.3, 0.4) is 0 Å². The molecule has 0 spiro atoms. The van der Waals surface area contributed by atoms with Crippen molar-refractivity contribution >= 4 is 52.1 Å². The van der Waals surface area contributed by atoms with E-state index in [1.165, 1.54) is 6.92 Å². The fourth-order valence-corrected chi connectivity index (χ4v) is 9.85. The van der Waals surface area contributed by atoms with Gasteiger partial charge in [-0.25, -0.2) is 9.59 Å². The van der Waals surface area contributed by atoms with Crippen LogP contribution >= 0.6 is 15.2 Å². The van der Waals surface area contributed by atoms with Gasteiger partial charge in [0.2, 0.25) is 25.0 Å². The number of ether oxygens (including phenoxy) is 2. The molecule has 0 saturated carbocycles. The van der Waals surface area contributed by atoms with Gasteiger partial charge in [0, 0.05) is 55.9 Å². The first-order chi connectivity index (χ1) is 17.8. The fourth-order valence-electron chi connectivity index (χ4n) is 1.66. The number of hydrogen-bond donors (Lipinski definition) is 3. The molecule has 0 aromatic rings. The van der Waals surface area contributed by atoms with Crippen LogP contribution in [-0.2, 0) is 81.4 Å². The van der Waals surface area contributed by atoms with Gasteiger partial charge >= 0.3 is 27.1 Å². The summed E-state index contributed by atoms with van der Waals surface area (Å²) in [6.07, 6.45) is -0.452. The second-order valence-corrected chi connectivity index (χ2v) is 26.1. The molecule has 13 N–H and O–H groups in total. The second-order valence-electron chi connectivity index (χ2n) is 10.2. The summed E-state index contributed by atoms with van der Waals surface area (Å²) < 4.78 is 44.3. The van der Waals surface area contributed by atoms with E-state index in [2.05, 4.69) is 37.6 Å². The topological polar surface area (TPSA) is 323 Å². The largest absolute Gasteiger partial charge is 0.462 e. The average molecular weight is 1110 g/mol. The molecule has 0 rings (SSSR count). The van der Waals surface area contributed by atoms with E-state index in [1.807, 2.05) is 39.3 Å². The first kappa shape index (κ1) is 72.5. The maximum atomic E-state index is 13.0. The van der Waals surface area contributed by atoms with Crippen molar-refractivity contribution < 1.29 is 123 Å². The zero-order chi connectivity index (χ0) is 32.6. The molecule has 16 nitrogen and oxygen atoms in total. The van der Waals surface area contributed by atoms with Crippen molar-refractivity contribution in [3.05, 3.63) is 61.1 Å². The summed E-state index contributed by atoms with van der Waals surface area (Å²) >= 11 is 0. The van der Waals surface area contributed by atoms with Gasteiger partial charge in [0.1, 0.15) is 13.2 Å². The van der Waals surface area contributed by atoms with Crippen LogP contribution in [-0.4, -0.2) is 104 Å². The van der Waals surface area contributed by atoms with Crippen molar-refractivity contribution in [1.82, 2.24) is 0 Å². The molecule has 0 aliphatic rings. The van der Waals surface area contributed by atoms with E-state index in [9.17, 15) is 18.7 Å². The van der Waals surface area contributed by atoms with Crippen molar-refractivity contribution in [2.24, 2.45) is 0 Å². The van der Waals surface area contributed by atoms with Gasteiger partial charge in [-0.1, -0.05) is 30.3 Å². The molecule has 282 valence electrons. The van der Waals surface area contributed by atoms with Crippen LogP contribution in [0.4, 0.5) is 0 Å². The molecule has 0 aliphatic heterocycles. The van der Waals surface area contributed by atoms with Gasteiger partial charge in [-0.05, 0) is 53.1 Å². The normalized spacial score (nSPS) is 10.1. The summed E-state index contributed by atoms with van der Waals surface area (Å²) in [6.45, 7) is 31.5. The number of carbonyl (C=O) groups excluding carboxylic acids is 2. The Kier molecular flexibility index (Phi) is 50.9. The van der Waals surface area contributed by atoms with Crippen molar-refractivity contribution in [3.8, 4) is 0 Å². The molecule has 23 heteroatoms. The predicted octanol–water partition coefficient (Wildman–Crippen LogP) is 1.26. The molecule has 0 aromatic heterocycles. The van der Waals surface area contributed by atoms with Gasteiger partial charge < -0.3 is 59.9 Å². The van der Waals surface area contributed by atoms with Crippen LogP contribution in [0.25, 0.3) is 0 Å². The molecule has 0 fully saturated rings. The monoisotopic (exact) mass is 1110 g/mol. The van der Waals surface area contributed by atoms with Crippen LogP contribution in [0.1, 0.15) is 13.8 Å². The Hall–Kier alpha value is -0.169. The van der Waals surface area contributed by atoms with Gasteiger partial charge in [-0.3, -0.25) is 9.13 Å². The Bertz CT molecular complexity index is 991. The van der Waals surface area contributed by atoms with E-state index in [0.717, 1.165) is 0 Å². The molecule has 0 aliphatic carbocycles. The van der Waals surface area contributed by atoms with E-state index >= 15 is 0 Å². The summed E-state index contributed by atoms with van der Waals surface area (Å²) in [7, 11) is -14.0. The van der Waals surface area contributed by atoms with Crippen LogP contribution < -0.4 is 0 Å². The first-order valence-electron chi connectivity index (χ1n) is 12.1. The van der Waals surface area contributed by atoms with Gasteiger partial charge in [-0.15, -0.1) is 19.7 Å². The zero-order valence-electron chi connectivity index (χ0n) is 28.5. The smallest absolute Gasteiger partial charge is 0.333 e. The number of hydrogen-bond acceptors (Lipinski definition) is 9. The minimum Gasteiger partial charge on any atom is -0.462 e. The Balaban J connectivity index is -0.0000000590. The van der Waals surface area contributed by atoms with E-state index in [0.29, 0.717) is 5.57 Å². The van der Waals surface area contributed by atoms with Gasteiger partial charge in [0.15, 0.2) is 0 Å². The zero-order valence-corrected chi connectivity index (χ0v) is 39.7. The third-order valence-electron chi connectivity index (χ3n) is 4.14. The van der Waals surface area contributed by atoms with Crippen LogP contribution in [0.15, 0.2) is 61.1 Å². The second kappa shape index (κ2) is 33.0. The Labute approximate surface area is 313 Å². The summed E-state index contributed by atoms with van der Waals surface area (Å²) in [5.74, 6) is -1.16. The summed E-state index contributed by atoms with van der Waals surface area (Å²) in [6, 6.07) is 0. The average Bonchev–Trinajstić information content (AvgIpc) is 2.77. The maximum Gasteiger partial charge on any atom is 0.333 e. The molecular weight excluding hydrogens is 1050 g/mol. The molecule has 2 radical (unpaired) electrons. The SMILES string of the molecule is C=C(C)C(=O)OCCP(=O)(O)O.C=C[Si](C)(C)O.C=C[Si](C)(C)OP(=O)(CCOC(=O)C(=C)C)O[Si](C)(C)C=C.O.O.O.O.O.[Ta].[Ta]. The third kappa shape index (κ3) is 48.0. The molecule has 0 amide bonds. The fraction of sp³-hybridized carbons (Fsp3) is 0.500. The minimum atomic E-state index is -4.06. The molecule has 0 aromatic carbocycles. The van der Waals surface area contributed by atoms with E-state index < -0.39 is 58.2 Å². The third-order valence-corrected chi connectivity index (χ3v) is 14.6. The van der Waals surface area contributed by atoms with Crippen LogP contribution in [0.5, 0.6) is 0 Å². The van der Waals surface area contributed by atoms with Crippen molar-refractivity contribution in [2.75, 3.05) is 25.5 Å². The van der Waals surface area contributed by atoms with Crippen molar-refractivity contribution in [2.45, 2.75) is 53.1 Å². The first-order valence-corrected chi connectivity index (χ1v) is 24.6. The Morgan fingerprint density at radius 2 is 0.915 bits per heavy atom. The molecule has 47 heavy (non-hydrogen) atoms. The van der Waals surface area contributed by atoms with Gasteiger partial charge in [0.25, 0.3) is 0 Å². The van der Waals surface area contributed by atoms with Crippen molar-refractivity contribution in [1.29, 1.82) is 0 Å². The van der Waals surface area contributed by atoms with Crippen molar-refractivity contribution in [3.63, 3.8) is 0 Å². The van der Waals surface area contributed by atoms with Gasteiger partial charge in [-0.2, -0.15) is 0 Å². The van der Waals surface area contributed by atoms with Crippen LogP contribution in [0.2, 0.25) is 39.3 Å². The molecule has 0 saturated heterocycles. The molecule has 0 atom stereocenters. The number of rotatable bonds is 15. The van der Waals surface area contributed by atoms with E-state index in [1.54, 1.807) is 24.0 Å².